The fourth-order valence-electron chi connectivity index (χ4n) is 3.97. The molecule has 1 fully saturated rings. The summed E-state index contributed by atoms with van der Waals surface area (Å²) >= 11 is 1.06. The second-order valence-electron chi connectivity index (χ2n) is 7.62. The van der Waals surface area contributed by atoms with E-state index in [-0.39, 0.29) is 10.4 Å². The highest BCUT2D eigenvalue weighted by Crippen LogP contribution is 2.47. The van der Waals surface area contributed by atoms with Crippen LogP contribution < -0.4 is 10.6 Å². The van der Waals surface area contributed by atoms with Crippen molar-refractivity contribution < 1.29 is 9.18 Å². The lowest BCUT2D eigenvalue weighted by molar-refractivity contribution is 0.171. The number of hydrogen-bond donors (Lipinski definition) is 1. The first-order valence-electron chi connectivity index (χ1n) is 9.47. The summed E-state index contributed by atoms with van der Waals surface area (Å²) in [7, 11) is 4.14. The van der Waals surface area contributed by atoms with Crippen LogP contribution in [-0.2, 0) is 5.15 Å². The Hall–Kier alpha value is -1.16. The van der Waals surface area contributed by atoms with Gasteiger partial charge in [-0.1, -0.05) is 67.1 Å². The van der Waals surface area contributed by atoms with Gasteiger partial charge in [-0.2, -0.15) is 0 Å². The molecule has 0 radical (unpaired) electrons. The number of alkyl halides is 1. The van der Waals surface area contributed by atoms with Crippen LogP contribution in [0, 0.1) is 5.41 Å². The number of aromatic nitrogens is 2. The number of halogens is 1. The van der Waals surface area contributed by atoms with Crippen molar-refractivity contribution in [1.29, 1.82) is 0 Å². The van der Waals surface area contributed by atoms with Crippen molar-refractivity contribution in [1.82, 2.24) is 10.2 Å². The Kier molecular flexibility index (Phi) is 6.69. The van der Waals surface area contributed by atoms with Gasteiger partial charge in [-0.05, 0) is 49.0 Å². The lowest BCUT2D eigenvalue weighted by atomic mass is 9.67. The topological polar surface area (TPSA) is 72.1 Å². The number of benzene rings is 1. The number of anilines is 1. The molecule has 2 amide bonds. The summed E-state index contributed by atoms with van der Waals surface area (Å²) in [5, 5.41) is 6.69. The summed E-state index contributed by atoms with van der Waals surface area (Å²) in [5.41, 5.74) is 7.03. The maximum atomic E-state index is 14.1. The second-order valence-corrected chi connectivity index (χ2v) is 10.9. The Bertz CT molecular complexity index is 804. The van der Waals surface area contributed by atoms with Gasteiger partial charge in [-0.25, -0.2) is 9.18 Å². The molecule has 1 aliphatic rings. The summed E-state index contributed by atoms with van der Waals surface area (Å²) in [6.07, 6.45) is 5.13. The molecule has 0 spiro atoms. The summed E-state index contributed by atoms with van der Waals surface area (Å²) in [6.45, 7) is 2.65. The number of carbonyl (C=O) groups is 1. The van der Waals surface area contributed by atoms with E-state index in [1.165, 1.54) is 10.5 Å². The van der Waals surface area contributed by atoms with Crippen LogP contribution in [0.15, 0.2) is 30.3 Å². The normalized spacial score (nSPS) is 22.8. The molecule has 0 aliphatic heterocycles. The highest BCUT2D eigenvalue weighted by Gasteiger charge is 2.38. The lowest BCUT2D eigenvalue weighted by Gasteiger charge is -2.42. The first-order chi connectivity index (χ1) is 13.2. The van der Waals surface area contributed by atoms with E-state index in [4.69, 9.17) is 5.73 Å². The van der Waals surface area contributed by atoms with E-state index in [1.54, 1.807) is 0 Å². The molecule has 2 atom stereocenters. The lowest BCUT2D eigenvalue weighted by Crippen LogP contribution is -2.45. The van der Waals surface area contributed by atoms with Gasteiger partial charge in [-0.3, -0.25) is 4.90 Å². The van der Waals surface area contributed by atoms with E-state index in [1.807, 2.05) is 6.07 Å². The van der Waals surface area contributed by atoms with E-state index >= 15 is 0 Å². The zero-order valence-electron chi connectivity index (χ0n) is 16.0. The van der Waals surface area contributed by atoms with Crippen LogP contribution in [0.4, 0.5) is 14.3 Å². The molecule has 1 saturated carbocycles. The number of rotatable bonds is 6. The van der Waals surface area contributed by atoms with Gasteiger partial charge in [0.05, 0.1) is 0 Å². The van der Waals surface area contributed by atoms with Gasteiger partial charge < -0.3 is 5.73 Å². The summed E-state index contributed by atoms with van der Waals surface area (Å²) in [6, 6.07) is 10.0. The van der Waals surface area contributed by atoms with E-state index in [0.29, 0.717) is 17.6 Å². The Morgan fingerprint density at radius 2 is 1.96 bits per heavy atom. The molecule has 3 rings (SSSR count). The molecule has 2 N–H and O–H groups in total. The monoisotopic (exact) mass is 440 g/mol. The van der Waals surface area contributed by atoms with Crippen molar-refractivity contribution in [2.75, 3.05) is 11.4 Å². The number of nitrogens with two attached hydrogens (primary N) is 1. The zero-order chi connectivity index (χ0) is 20.4. The molecule has 28 heavy (non-hydrogen) atoms. The van der Waals surface area contributed by atoms with Gasteiger partial charge in [0.1, 0.15) is 0 Å². The molecule has 152 valence electrons. The third kappa shape index (κ3) is 4.87. The average Bonchev–Trinajstić information content (AvgIpc) is 3.17. The quantitative estimate of drug-likeness (QED) is 0.642. The standard InChI is InChI=1S/C19H27FN4OP2S/c1-2-18(10-8-14(9-11-18)13-6-4-3-5-7-13)12-24(16(21)25)17-23-22-15(28-17)19(20,26)27/h3-7,14H,2,8-12,26-27H2,1H3,(H2,21,25). The minimum atomic E-state index is -1.75. The van der Waals surface area contributed by atoms with Crippen LogP contribution >= 0.6 is 29.8 Å². The number of hydrogen-bond acceptors (Lipinski definition) is 4. The molecule has 2 aromatic rings. The van der Waals surface area contributed by atoms with Gasteiger partial charge in [-0.15, -0.1) is 10.2 Å². The van der Waals surface area contributed by atoms with Gasteiger partial charge in [0.2, 0.25) is 5.13 Å². The van der Waals surface area contributed by atoms with Crippen molar-refractivity contribution in [3.05, 3.63) is 40.9 Å². The second kappa shape index (κ2) is 8.69. The fraction of sp³-hybridized carbons (Fsp3) is 0.526. The SMILES string of the molecule is CCC1(CN(C(N)=O)c2nnc(C(F)(P)P)s2)CCC(c2ccccc2)CC1. The number of carbonyl (C=O) groups excluding carboxylic acids is 1. The van der Waals surface area contributed by atoms with Gasteiger partial charge in [0.15, 0.2) is 10.2 Å². The minimum Gasteiger partial charge on any atom is -0.351 e. The highest BCUT2D eigenvalue weighted by molar-refractivity contribution is 7.40. The van der Waals surface area contributed by atoms with Crippen LogP contribution in [0.3, 0.4) is 0 Å². The molecule has 9 heteroatoms. The molecule has 2 unspecified atom stereocenters. The molecular formula is C19H27FN4OP2S. The fourth-order valence-corrected chi connectivity index (χ4v) is 5.19. The average molecular weight is 440 g/mol. The first-order valence-corrected chi connectivity index (χ1v) is 11.4. The molecule has 0 bridgehead atoms. The molecular weight excluding hydrogens is 413 g/mol. The Balaban J connectivity index is 1.75. The van der Waals surface area contributed by atoms with Crippen LogP contribution in [0.25, 0.3) is 0 Å². The third-order valence-corrected chi connectivity index (χ3v) is 7.84. The largest absolute Gasteiger partial charge is 0.351 e. The molecule has 5 nitrogen and oxygen atoms in total. The Morgan fingerprint density at radius 3 is 2.46 bits per heavy atom. The van der Waals surface area contributed by atoms with Gasteiger partial charge in [0, 0.05) is 6.54 Å². The smallest absolute Gasteiger partial charge is 0.321 e. The van der Waals surface area contributed by atoms with Gasteiger partial charge in [0.25, 0.3) is 0 Å². The highest BCUT2D eigenvalue weighted by atomic mass is 32.1. The number of urea groups is 1. The molecule has 1 aromatic heterocycles. The van der Waals surface area contributed by atoms with Crippen LogP contribution in [0.5, 0.6) is 0 Å². The van der Waals surface area contributed by atoms with Crippen molar-refractivity contribution >= 4 is 41.0 Å². The Labute approximate surface area is 174 Å². The maximum absolute atomic E-state index is 14.1. The van der Waals surface area contributed by atoms with Gasteiger partial charge >= 0.3 is 6.03 Å². The van der Waals surface area contributed by atoms with Crippen molar-refractivity contribution in [2.24, 2.45) is 11.1 Å². The van der Waals surface area contributed by atoms with E-state index in [0.717, 1.165) is 43.4 Å². The summed E-state index contributed by atoms with van der Waals surface area (Å²) in [5.74, 6) is 0.553. The predicted octanol–water partition coefficient (Wildman–Crippen LogP) is 5.01. The van der Waals surface area contributed by atoms with Crippen molar-refractivity contribution in [3.8, 4) is 0 Å². The van der Waals surface area contributed by atoms with Crippen molar-refractivity contribution in [2.45, 2.75) is 50.1 Å². The zero-order valence-corrected chi connectivity index (χ0v) is 19.1. The molecule has 1 aliphatic carbocycles. The molecule has 1 heterocycles. The number of primary amides is 1. The molecule has 1 aromatic carbocycles. The van der Waals surface area contributed by atoms with E-state index in [9.17, 15) is 9.18 Å². The van der Waals surface area contributed by atoms with E-state index in [2.05, 4.69) is 59.9 Å². The van der Waals surface area contributed by atoms with Crippen molar-refractivity contribution in [3.63, 3.8) is 0 Å². The minimum absolute atomic E-state index is 0.0130. The summed E-state index contributed by atoms with van der Waals surface area (Å²) in [4.78, 5) is 13.6. The van der Waals surface area contributed by atoms with Crippen LogP contribution in [0.1, 0.15) is 55.5 Å². The molecule has 0 saturated heterocycles. The third-order valence-electron chi connectivity index (χ3n) is 5.80. The predicted molar refractivity (Wildman–Crippen MR) is 119 cm³/mol. The number of amides is 2. The number of nitrogens with zero attached hydrogens (tertiary/aromatic N) is 3. The first kappa shape index (κ1) is 21.5. The summed E-state index contributed by atoms with van der Waals surface area (Å²) < 4.78 is 14.1. The maximum Gasteiger partial charge on any atom is 0.321 e. The van der Waals surface area contributed by atoms with Crippen LogP contribution in [-0.4, -0.2) is 22.8 Å². The Morgan fingerprint density at radius 1 is 1.32 bits per heavy atom. The van der Waals surface area contributed by atoms with E-state index < -0.39 is 11.2 Å². The van der Waals surface area contributed by atoms with Crippen LogP contribution in [0.2, 0.25) is 0 Å².